The van der Waals surface area contributed by atoms with Gasteiger partial charge in [0, 0.05) is 24.5 Å². The first-order valence-electron chi connectivity index (χ1n) is 7.97. The summed E-state index contributed by atoms with van der Waals surface area (Å²) in [5, 5.41) is 21.1. The molecule has 118 valence electrons. The van der Waals surface area contributed by atoms with E-state index in [1.807, 2.05) is 0 Å². The van der Waals surface area contributed by atoms with Gasteiger partial charge in [-0.1, -0.05) is 25.2 Å². The minimum Gasteiger partial charge on any atom is -0.393 e. The number of rotatable bonds is 4. The van der Waals surface area contributed by atoms with Crippen LogP contribution in [0.1, 0.15) is 49.0 Å². The number of aromatic nitrogens is 2. The summed E-state index contributed by atoms with van der Waals surface area (Å²) in [6, 6.07) is 0.423. The number of hydrogen-bond donors (Lipinski definition) is 1. The maximum atomic E-state index is 10.3. The zero-order valence-corrected chi connectivity index (χ0v) is 13.7. The highest BCUT2D eigenvalue weighted by molar-refractivity contribution is 7.11. The van der Waals surface area contributed by atoms with Gasteiger partial charge in [-0.25, -0.2) is 0 Å². The Bertz CT molecular complexity index is 466. The predicted molar refractivity (Wildman–Crippen MR) is 82.4 cm³/mol. The largest absolute Gasteiger partial charge is 0.393 e. The fraction of sp³-hybridized carbons (Fsp3) is 0.867. The lowest BCUT2D eigenvalue weighted by atomic mass is 9.89. The van der Waals surface area contributed by atoms with E-state index in [1.54, 1.807) is 11.3 Å². The first-order valence-corrected chi connectivity index (χ1v) is 8.79. The van der Waals surface area contributed by atoms with E-state index in [1.165, 1.54) is 6.42 Å². The van der Waals surface area contributed by atoms with Crippen molar-refractivity contribution < 1.29 is 9.84 Å². The van der Waals surface area contributed by atoms with Crippen LogP contribution in [-0.4, -0.2) is 52.1 Å². The van der Waals surface area contributed by atoms with Crippen LogP contribution in [0, 0.1) is 5.92 Å². The molecule has 1 aromatic rings. The van der Waals surface area contributed by atoms with Gasteiger partial charge in [0.2, 0.25) is 0 Å². The second-order valence-electron chi connectivity index (χ2n) is 6.46. The van der Waals surface area contributed by atoms with E-state index in [2.05, 4.69) is 28.9 Å². The van der Waals surface area contributed by atoms with Crippen LogP contribution in [-0.2, 0) is 11.3 Å². The van der Waals surface area contributed by atoms with Gasteiger partial charge in [0.05, 0.1) is 19.3 Å². The predicted octanol–water partition coefficient (Wildman–Crippen LogP) is 2.02. The monoisotopic (exact) mass is 311 g/mol. The molecule has 5 nitrogen and oxygen atoms in total. The van der Waals surface area contributed by atoms with Gasteiger partial charge in [0.1, 0.15) is 10.0 Å². The van der Waals surface area contributed by atoms with Crippen LogP contribution in [0.3, 0.4) is 0 Å². The van der Waals surface area contributed by atoms with Gasteiger partial charge in [0.25, 0.3) is 0 Å². The molecule has 3 rings (SSSR count). The molecule has 0 bridgehead atoms. The van der Waals surface area contributed by atoms with E-state index in [4.69, 9.17) is 4.74 Å². The fourth-order valence-corrected chi connectivity index (χ4v) is 4.26. The van der Waals surface area contributed by atoms with Crippen LogP contribution in [0.2, 0.25) is 0 Å². The zero-order valence-electron chi connectivity index (χ0n) is 12.9. The molecular formula is C15H25N3O2S. The standard InChI is InChI=1S/C15H25N3O2S/c1-10(2)15-17-16-14(21-15)8-18-6-3-4-12(18)11-9-20-7-5-13(11)19/h10-13,19H,3-9H2,1-2H3. The highest BCUT2D eigenvalue weighted by Crippen LogP contribution is 2.31. The number of hydrogen-bond acceptors (Lipinski definition) is 6. The Balaban J connectivity index is 1.65. The summed E-state index contributed by atoms with van der Waals surface area (Å²) in [5.74, 6) is 0.693. The van der Waals surface area contributed by atoms with Gasteiger partial charge in [-0.2, -0.15) is 0 Å². The highest BCUT2D eigenvalue weighted by atomic mass is 32.1. The molecular weight excluding hydrogens is 286 g/mol. The molecule has 0 spiro atoms. The second kappa shape index (κ2) is 6.69. The van der Waals surface area contributed by atoms with Crippen molar-refractivity contribution >= 4 is 11.3 Å². The molecule has 1 N–H and O–H groups in total. The van der Waals surface area contributed by atoms with Crippen LogP contribution in [0.5, 0.6) is 0 Å². The molecule has 0 saturated carbocycles. The summed E-state index contributed by atoms with van der Waals surface area (Å²) >= 11 is 1.72. The number of aliphatic hydroxyl groups excluding tert-OH is 1. The lowest BCUT2D eigenvalue weighted by molar-refractivity contribution is -0.0636. The van der Waals surface area contributed by atoms with Crippen LogP contribution in [0.25, 0.3) is 0 Å². The van der Waals surface area contributed by atoms with Gasteiger partial charge in [0.15, 0.2) is 0 Å². The molecule has 3 unspecified atom stereocenters. The molecule has 2 fully saturated rings. The van der Waals surface area contributed by atoms with Crippen LogP contribution < -0.4 is 0 Å². The van der Waals surface area contributed by atoms with Gasteiger partial charge >= 0.3 is 0 Å². The molecule has 0 aliphatic carbocycles. The Morgan fingerprint density at radius 2 is 2.24 bits per heavy atom. The lowest BCUT2D eigenvalue weighted by Gasteiger charge is -2.36. The minimum absolute atomic E-state index is 0.218. The summed E-state index contributed by atoms with van der Waals surface area (Å²) < 4.78 is 5.59. The highest BCUT2D eigenvalue weighted by Gasteiger charge is 2.37. The number of aliphatic hydroxyl groups is 1. The molecule has 3 atom stereocenters. The van der Waals surface area contributed by atoms with Crippen molar-refractivity contribution in [1.82, 2.24) is 15.1 Å². The van der Waals surface area contributed by atoms with Crippen molar-refractivity contribution in [3.05, 3.63) is 10.0 Å². The Hall–Kier alpha value is -0.560. The zero-order chi connectivity index (χ0) is 14.8. The second-order valence-corrected chi connectivity index (χ2v) is 7.56. The fourth-order valence-electron chi connectivity index (χ4n) is 3.39. The molecule has 2 aliphatic heterocycles. The van der Waals surface area contributed by atoms with E-state index >= 15 is 0 Å². The molecule has 21 heavy (non-hydrogen) atoms. The van der Waals surface area contributed by atoms with Crippen LogP contribution >= 0.6 is 11.3 Å². The molecule has 0 amide bonds. The topological polar surface area (TPSA) is 58.5 Å². The third-order valence-electron chi connectivity index (χ3n) is 4.59. The first kappa shape index (κ1) is 15.3. The Labute approximate surface area is 130 Å². The SMILES string of the molecule is CC(C)c1nnc(CN2CCCC2C2COCCC2O)s1. The van der Waals surface area contributed by atoms with Gasteiger partial charge in [-0.15, -0.1) is 10.2 Å². The molecule has 1 aromatic heterocycles. The first-order chi connectivity index (χ1) is 10.1. The quantitative estimate of drug-likeness (QED) is 0.922. The van der Waals surface area contributed by atoms with Crippen molar-refractivity contribution in [3.63, 3.8) is 0 Å². The van der Waals surface area contributed by atoms with Crippen molar-refractivity contribution in [2.45, 2.75) is 57.7 Å². The summed E-state index contributed by atoms with van der Waals surface area (Å²) in [5.41, 5.74) is 0. The van der Waals surface area contributed by atoms with E-state index in [9.17, 15) is 5.11 Å². The number of likely N-dealkylation sites (tertiary alicyclic amines) is 1. The molecule has 2 saturated heterocycles. The van der Waals surface area contributed by atoms with Gasteiger partial charge < -0.3 is 9.84 Å². The van der Waals surface area contributed by atoms with E-state index in [-0.39, 0.29) is 12.0 Å². The maximum absolute atomic E-state index is 10.3. The minimum atomic E-state index is -0.218. The average Bonchev–Trinajstić information content (AvgIpc) is 3.09. The number of ether oxygens (including phenoxy) is 1. The summed E-state index contributed by atoms with van der Waals surface area (Å²) in [6.45, 7) is 7.63. The van der Waals surface area contributed by atoms with Gasteiger partial charge in [-0.3, -0.25) is 4.90 Å². The van der Waals surface area contributed by atoms with Crippen molar-refractivity contribution in [2.75, 3.05) is 19.8 Å². The lowest BCUT2D eigenvalue weighted by Crippen LogP contribution is -2.45. The molecule has 3 heterocycles. The normalized spacial score (nSPS) is 31.1. The maximum Gasteiger partial charge on any atom is 0.131 e. The van der Waals surface area contributed by atoms with E-state index < -0.39 is 0 Å². The third-order valence-corrected chi connectivity index (χ3v) is 5.79. The Kier molecular flexibility index (Phi) is 4.88. The number of nitrogens with zero attached hydrogens (tertiary/aromatic N) is 3. The Morgan fingerprint density at radius 1 is 1.38 bits per heavy atom. The van der Waals surface area contributed by atoms with Crippen molar-refractivity contribution in [3.8, 4) is 0 Å². The summed E-state index contributed by atoms with van der Waals surface area (Å²) in [7, 11) is 0. The summed E-state index contributed by atoms with van der Waals surface area (Å²) in [4.78, 5) is 2.47. The van der Waals surface area contributed by atoms with Crippen LogP contribution in [0.15, 0.2) is 0 Å². The van der Waals surface area contributed by atoms with E-state index in [0.717, 1.165) is 35.9 Å². The third kappa shape index (κ3) is 3.44. The van der Waals surface area contributed by atoms with Crippen molar-refractivity contribution in [2.24, 2.45) is 5.92 Å². The molecule has 6 heteroatoms. The van der Waals surface area contributed by atoms with Crippen LogP contribution in [0.4, 0.5) is 0 Å². The van der Waals surface area contributed by atoms with Gasteiger partial charge in [-0.05, 0) is 25.8 Å². The smallest absolute Gasteiger partial charge is 0.131 e. The Morgan fingerprint density at radius 3 is 2.95 bits per heavy atom. The molecule has 0 radical (unpaired) electrons. The molecule has 2 aliphatic rings. The average molecular weight is 311 g/mol. The molecule has 0 aromatic carbocycles. The summed E-state index contributed by atoms with van der Waals surface area (Å²) in [6.07, 6.45) is 2.90. The van der Waals surface area contributed by atoms with Crippen molar-refractivity contribution in [1.29, 1.82) is 0 Å². The van der Waals surface area contributed by atoms with E-state index in [0.29, 0.717) is 25.2 Å².